The van der Waals surface area contributed by atoms with E-state index in [1.807, 2.05) is 56.3 Å². The summed E-state index contributed by atoms with van der Waals surface area (Å²) >= 11 is 1.44. The molecule has 2 aliphatic rings. The number of para-hydroxylation sites is 1. The van der Waals surface area contributed by atoms with Crippen LogP contribution in [0.3, 0.4) is 0 Å². The summed E-state index contributed by atoms with van der Waals surface area (Å²) < 4.78 is 15.9. The lowest BCUT2D eigenvalue weighted by molar-refractivity contribution is -0.143. The molecule has 0 unspecified atom stereocenters. The highest BCUT2D eigenvalue weighted by Crippen LogP contribution is 2.23. The molecule has 2 aromatic rings. The lowest BCUT2D eigenvalue weighted by Crippen LogP contribution is -2.54. The van der Waals surface area contributed by atoms with Crippen molar-refractivity contribution in [3.05, 3.63) is 65.7 Å². The van der Waals surface area contributed by atoms with Crippen molar-refractivity contribution in [1.82, 2.24) is 10.2 Å². The number of hydrogen-bond donors (Lipinski definition) is 3. The molecule has 0 aromatic heterocycles. The maximum atomic E-state index is 13.0. The van der Waals surface area contributed by atoms with Gasteiger partial charge in [-0.3, -0.25) is 9.59 Å². The summed E-state index contributed by atoms with van der Waals surface area (Å²) in [6.07, 6.45) is 0.454. The first kappa shape index (κ1) is 32.2. The second-order valence-electron chi connectivity index (χ2n) is 10.2. The summed E-state index contributed by atoms with van der Waals surface area (Å²) in [5.41, 5.74) is 7.46. The minimum absolute atomic E-state index is 0.193. The predicted molar refractivity (Wildman–Crippen MR) is 158 cm³/mol. The van der Waals surface area contributed by atoms with Crippen LogP contribution in [0.15, 0.2) is 54.6 Å². The number of nitrogens with two attached hydrogens (primary N) is 1. The van der Waals surface area contributed by atoms with Crippen molar-refractivity contribution in [3.63, 3.8) is 0 Å². The summed E-state index contributed by atoms with van der Waals surface area (Å²) in [4.78, 5) is 38.0. The van der Waals surface area contributed by atoms with E-state index in [4.69, 9.17) is 19.9 Å². The van der Waals surface area contributed by atoms with Crippen LogP contribution in [0.2, 0.25) is 0 Å². The van der Waals surface area contributed by atoms with Gasteiger partial charge in [0, 0.05) is 11.7 Å². The zero-order valence-electron chi connectivity index (χ0n) is 23.7. The molecule has 2 heterocycles. The van der Waals surface area contributed by atoms with Crippen molar-refractivity contribution in [1.29, 1.82) is 0 Å². The minimum atomic E-state index is -1.58. The molecule has 2 aromatic carbocycles. The highest BCUT2D eigenvalue weighted by atomic mass is 32.2. The molecule has 0 bridgehead atoms. The van der Waals surface area contributed by atoms with E-state index in [1.165, 1.54) is 28.6 Å². The molecular weight excluding hydrogens is 546 g/mol. The zero-order chi connectivity index (χ0) is 29.6. The fourth-order valence-electron chi connectivity index (χ4n) is 4.32. The number of carbonyl (C=O) groups excluding carboxylic acids is 3. The Balaban J connectivity index is 0.000000382. The Morgan fingerprint density at radius 1 is 1.12 bits per heavy atom. The summed E-state index contributed by atoms with van der Waals surface area (Å²) in [7, 11) is 0. The molecule has 2 aliphatic heterocycles. The van der Waals surface area contributed by atoms with Gasteiger partial charge in [0.25, 0.3) is 5.91 Å². The van der Waals surface area contributed by atoms with Gasteiger partial charge in [0.2, 0.25) is 5.91 Å². The monoisotopic (exact) mass is 587 g/mol. The molecule has 3 atom stereocenters. The van der Waals surface area contributed by atoms with Gasteiger partial charge in [-0.15, -0.1) is 11.8 Å². The molecule has 0 radical (unpaired) electrons. The first-order chi connectivity index (χ1) is 19.7. The molecule has 4 N–H and O–H groups in total. The van der Waals surface area contributed by atoms with Crippen LogP contribution >= 0.6 is 11.8 Å². The normalized spacial score (nSPS) is 17.2. The van der Waals surface area contributed by atoms with Crippen molar-refractivity contribution in [2.75, 3.05) is 32.2 Å². The summed E-state index contributed by atoms with van der Waals surface area (Å²) in [6.45, 7) is 5.31. The number of amides is 3. The van der Waals surface area contributed by atoms with Crippen LogP contribution in [-0.2, 0) is 31.9 Å². The molecule has 0 aliphatic carbocycles. The van der Waals surface area contributed by atoms with E-state index in [0.29, 0.717) is 19.6 Å². The lowest BCUT2D eigenvalue weighted by atomic mass is 10.0. The van der Waals surface area contributed by atoms with E-state index in [1.54, 1.807) is 0 Å². The van der Waals surface area contributed by atoms with Crippen LogP contribution < -0.4 is 15.8 Å². The molecule has 41 heavy (non-hydrogen) atoms. The van der Waals surface area contributed by atoms with Gasteiger partial charge in [-0.05, 0) is 36.5 Å². The van der Waals surface area contributed by atoms with Crippen molar-refractivity contribution in [2.24, 2.45) is 5.73 Å². The molecule has 11 heteroatoms. The Bertz CT molecular complexity index is 1090. The molecule has 0 saturated carbocycles. The van der Waals surface area contributed by atoms with E-state index in [0.717, 1.165) is 24.3 Å². The SMILES string of the molecule is CC(C)SCN(CC(N)=O)C(=O)[C@@H](O)[C@H](Cc1ccccc1)NC(=O)O[C@H]1CCOC1.c1ccc2c(c1)CCCO2. The minimum Gasteiger partial charge on any atom is -0.493 e. The molecule has 1 saturated heterocycles. The summed E-state index contributed by atoms with van der Waals surface area (Å²) in [5, 5.41) is 13.7. The first-order valence-electron chi connectivity index (χ1n) is 13.9. The Hall–Kier alpha value is -3.28. The van der Waals surface area contributed by atoms with Gasteiger partial charge in [0.05, 0.1) is 31.7 Å². The fourth-order valence-corrected chi connectivity index (χ4v) is 5.02. The molecule has 3 amide bonds. The summed E-state index contributed by atoms with van der Waals surface area (Å²) in [6, 6.07) is 16.5. The number of carbonyl (C=O) groups is 3. The number of fused-ring (bicyclic) bond motifs is 1. The van der Waals surface area contributed by atoms with Crippen LogP contribution in [0.4, 0.5) is 4.79 Å². The topological polar surface area (TPSA) is 140 Å². The summed E-state index contributed by atoms with van der Waals surface area (Å²) in [5.74, 6) is -0.0949. The van der Waals surface area contributed by atoms with Gasteiger partial charge in [-0.1, -0.05) is 62.4 Å². The Morgan fingerprint density at radius 2 is 1.85 bits per heavy atom. The van der Waals surface area contributed by atoms with E-state index in [2.05, 4.69) is 17.4 Å². The lowest BCUT2D eigenvalue weighted by Gasteiger charge is -2.29. The van der Waals surface area contributed by atoms with Crippen LogP contribution in [0, 0.1) is 0 Å². The predicted octanol–water partition coefficient (Wildman–Crippen LogP) is 2.90. The van der Waals surface area contributed by atoms with Crippen LogP contribution in [0.5, 0.6) is 5.75 Å². The average Bonchev–Trinajstić information content (AvgIpc) is 3.48. The van der Waals surface area contributed by atoms with Gasteiger partial charge in [-0.25, -0.2) is 4.79 Å². The molecular formula is C30H41N3O7S. The molecule has 0 spiro atoms. The Labute approximate surface area is 245 Å². The van der Waals surface area contributed by atoms with E-state index >= 15 is 0 Å². The molecule has 10 nitrogen and oxygen atoms in total. The maximum Gasteiger partial charge on any atom is 0.407 e. The number of alkyl carbamates (subject to hydrolysis) is 1. The van der Waals surface area contributed by atoms with Crippen LogP contribution in [0.25, 0.3) is 0 Å². The maximum absolute atomic E-state index is 13.0. The van der Waals surface area contributed by atoms with Crippen molar-refractivity contribution < 1.29 is 33.7 Å². The molecule has 224 valence electrons. The van der Waals surface area contributed by atoms with Crippen molar-refractivity contribution in [2.45, 2.75) is 63.0 Å². The number of ether oxygens (including phenoxy) is 3. The second kappa shape index (κ2) is 16.9. The number of nitrogens with one attached hydrogen (secondary N) is 1. The number of nitrogens with zero attached hydrogens (tertiary/aromatic N) is 1. The van der Waals surface area contributed by atoms with Crippen LogP contribution in [-0.4, -0.2) is 83.7 Å². The number of aliphatic hydroxyl groups excluding tert-OH is 1. The van der Waals surface area contributed by atoms with Crippen molar-refractivity contribution in [3.8, 4) is 5.75 Å². The van der Waals surface area contributed by atoms with E-state index in [9.17, 15) is 19.5 Å². The van der Waals surface area contributed by atoms with E-state index in [-0.39, 0.29) is 30.2 Å². The standard InChI is InChI=1S/C21H31N3O6S.C9H10O/c1-14(2)31-13-24(11-18(22)25)20(27)19(26)17(10-15-6-4-3-5-7-15)23-21(28)30-16-8-9-29-12-16;1-2-6-9-8(4-1)5-3-7-10-9/h3-7,14,16-17,19,26H,8-13H2,1-2H3,(H2,22,25)(H,23,28);1-2,4,6H,3,5,7H2/t16-,17-,19-;/m0./s1. The van der Waals surface area contributed by atoms with Gasteiger partial charge >= 0.3 is 6.09 Å². The average molecular weight is 588 g/mol. The van der Waals surface area contributed by atoms with Gasteiger partial charge < -0.3 is 35.3 Å². The third-order valence-corrected chi connectivity index (χ3v) is 7.57. The van der Waals surface area contributed by atoms with Crippen molar-refractivity contribution >= 4 is 29.7 Å². The Morgan fingerprint density at radius 3 is 2.51 bits per heavy atom. The largest absolute Gasteiger partial charge is 0.493 e. The van der Waals surface area contributed by atoms with Gasteiger partial charge in [0.15, 0.2) is 6.10 Å². The number of thioether (sulfide) groups is 1. The van der Waals surface area contributed by atoms with E-state index < -0.39 is 30.1 Å². The van der Waals surface area contributed by atoms with Crippen LogP contribution in [0.1, 0.15) is 37.8 Å². The van der Waals surface area contributed by atoms with Gasteiger partial charge in [-0.2, -0.15) is 0 Å². The first-order valence-corrected chi connectivity index (χ1v) is 14.9. The highest BCUT2D eigenvalue weighted by molar-refractivity contribution is 7.99. The number of aliphatic hydroxyl groups is 1. The number of benzene rings is 2. The number of aryl methyl sites for hydroxylation is 1. The smallest absolute Gasteiger partial charge is 0.407 e. The number of primary amides is 1. The molecule has 1 fully saturated rings. The third-order valence-electron chi connectivity index (χ3n) is 6.44. The van der Waals surface area contributed by atoms with Gasteiger partial charge in [0.1, 0.15) is 18.4 Å². The third kappa shape index (κ3) is 11.3. The highest BCUT2D eigenvalue weighted by Gasteiger charge is 2.33. The quantitative estimate of drug-likeness (QED) is 0.341. The number of rotatable bonds is 11. The molecule has 4 rings (SSSR count). The zero-order valence-corrected chi connectivity index (χ0v) is 24.5. The number of hydrogen-bond acceptors (Lipinski definition) is 8. The second-order valence-corrected chi connectivity index (χ2v) is 11.7. The Kier molecular flexibility index (Phi) is 13.3. The fraction of sp³-hybridized carbons (Fsp3) is 0.500.